The molecule has 120 valence electrons. The maximum Gasteiger partial charge on any atom is 0.337 e. The Kier molecular flexibility index (Phi) is 5.11. The molecule has 2 aliphatic rings. The molecular formula is C18H26N2O2. The fourth-order valence-corrected chi connectivity index (χ4v) is 3.15. The summed E-state index contributed by atoms with van der Waals surface area (Å²) >= 11 is 0. The van der Waals surface area contributed by atoms with Crippen LogP contribution >= 0.6 is 0 Å². The minimum absolute atomic E-state index is 0.267. The predicted molar refractivity (Wildman–Crippen MR) is 86.8 cm³/mol. The summed E-state index contributed by atoms with van der Waals surface area (Å²) in [4.78, 5) is 16.6. The third kappa shape index (κ3) is 4.31. The quantitative estimate of drug-likeness (QED) is 0.782. The highest BCUT2D eigenvalue weighted by Gasteiger charge is 2.25. The van der Waals surface area contributed by atoms with Gasteiger partial charge in [-0.05, 0) is 56.0 Å². The van der Waals surface area contributed by atoms with Crippen LogP contribution < -0.4 is 0 Å². The van der Waals surface area contributed by atoms with Gasteiger partial charge in [0.2, 0.25) is 0 Å². The van der Waals surface area contributed by atoms with E-state index in [4.69, 9.17) is 4.74 Å². The van der Waals surface area contributed by atoms with Gasteiger partial charge in [-0.25, -0.2) is 4.79 Å². The van der Waals surface area contributed by atoms with Crippen molar-refractivity contribution in [3.63, 3.8) is 0 Å². The smallest absolute Gasteiger partial charge is 0.337 e. The normalized spacial score (nSPS) is 20.6. The molecule has 1 saturated carbocycles. The number of carbonyl (C=O) groups is 1. The van der Waals surface area contributed by atoms with Gasteiger partial charge in [0.1, 0.15) is 0 Å². The van der Waals surface area contributed by atoms with Crippen LogP contribution in [0, 0.1) is 5.92 Å². The summed E-state index contributed by atoms with van der Waals surface area (Å²) in [6.45, 7) is 7.02. The first-order valence-corrected chi connectivity index (χ1v) is 8.36. The Morgan fingerprint density at radius 3 is 2.45 bits per heavy atom. The number of rotatable bonds is 5. The van der Waals surface area contributed by atoms with Crippen LogP contribution in [0.15, 0.2) is 24.3 Å². The molecule has 22 heavy (non-hydrogen) atoms. The van der Waals surface area contributed by atoms with Crippen molar-refractivity contribution in [1.29, 1.82) is 0 Å². The summed E-state index contributed by atoms with van der Waals surface area (Å²) in [6, 6.07) is 7.80. The van der Waals surface area contributed by atoms with E-state index in [9.17, 15) is 4.79 Å². The molecule has 1 saturated heterocycles. The molecular weight excluding hydrogens is 276 g/mol. The molecule has 3 rings (SSSR count). The van der Waals surface area contributed by atoms with Crippen molar-refractivity contribution in [2.24, 2.45) is 5.92 Å². The van der Waals surface area contributed by atoms with Crippen molar-refractivity contribution in [1.82, 2.24) is 9.80 Å². The van der Waals surface area contributed by atoms with Crippen molar-refractivity contribution in [2.75, 3.05) is 39.8 Å². The zero-order valence-electron chi connectivity index (χ0n) is 13.5. The van der Waals surface area contributed by atoms with E-state index in [0.717, 1.165) is 19.0 Å². The third-order valence-electron chi connectivity index (χ3n) is 4.68. The first kappa shape index (κ1) is 15.5. The van der Waals surface area contributed by atoms with E-state index in [2.05, 4.69) is 9.80 Å². The van der Waals surface area contributed by atoms with E-state index in [1.54, 1.807) is 0 Å². The highest BCUT2D eigenvalue weighted by molar-refractivity contribution is 5.89. The van der Waals surface area contributed by atoms with Crippen molar-refractivity contribution in [3.05, 3.63) is 35.4 Å². The van der Waals surface area contributed by atoms with Crippen LogP contribution in [0.5, 0.6) is 0 Å². The summed E-state index contributed by atoms with van der Waals surface area (Å²) in [7, 11) is 1.42. The standard InChI is InChI=1S/C18H26N2O2/c1-22-18(21)17-7-5-16(6-8-17)14-20-10-2-9-19(11-12-20)13-15-3-4-15/h5-8,15H,2-4,9-14H2,1H3. The second-order valence-electron chi connectivity index (χ2n) is 6.56. The number of ether oxygens (including phenoxy) is 1. The molecule has 1 aromatic carbocycles. The molecule has 1 aromatic rings. The molecule has 0 unspecified atom stereocenters. The number of nitrogens with zero attached hydrogens (tertiary/aromatic N) is 2. The number of hydrogen-bond acceptors (Lipinski definition) is 4. The predicted octanol–water partition coefficient (Wildman–Crippen LogP) is 2.39. The van der Waals surface area contributed by atoms with Gasteiger partial charge in [-0.1, -0.05) is 12.1 Å². The van der Waals surface area contributed by atoms with Crippen molar-refractivity contribution in [2.45, 2.75) is 25.8 Å². The molecule has 1 aliphatic heterocycles. The lowest BCUT2D eigenvalue weighted by atomic mass is 10.1. The number of esters is 1. The highest BCUT2D eigenvalue weighted by atomic mass is 16.5. The van der Waals surface area contributed by atoms with Crippen LogP contribution in [0.1, 0.15) is 35.2 Å². The Hall–Kier alpha value is -1.39. The number of benzene rings is 1. The maximum absolute atomic E-state index is 11.5. The molecule has 1 aliphatic carbocycles. The minimum Gasteiger partial charge on any atom is -0.465 e. The Bertz CT molecular complexity index is 496. The van der Waals surface area contributed by atoms with E-state index in [-0.39, 0.29) is 5.97 Å². The van der Waals surface area contributed by atoms with Crippen molar-refractivity contribution >= 4 is 5.97 Å². The topological polar surface area (TPSA) is 32.8 Å². The van der Waals surface area contributed by atoms with E-state index < -0.39 is 0 Å². The molecule has 1 heterocycles. The molecule has 0 radical (unpaired) electrons. The molecule has 0 spiro atoms. The Labute approximate surface area is 133 Å². The van der Waals surface area contributed by atoms with Gasteiger partial charge in [0.05, 0.1) is 12.7 Å². The van der Waals surface area contributed by atoms with Crippen LogP contribution in [0.3, 0.4) is 0 Å². The summed E-state index contributed by atoms with van der Waals surface area (Å²) in [5.41, 5.74) is 1.89. The van der Waals surface area contributed by atoms with Gasteiger partial charge in [0.15, 0.2) is 0 Å². The van der Waals surface area contributed by atoms with Gasteiger partial charge in [-0.3, -0.25) is 4.90 Å². The lowest BCUT2D eigenvalue weighted by molar-refractivity contribution is 0.0600. The Morgan fingerprint density at radius 1 is 1.09 bits per heavy atom. The van der Waals surface area contributed by atoms with Crippen LogP contribution in [0.4, 0.5) is 0 Å². The second kappa shape index (κ2) is 7.25. The molecule has 0 amide bonds. The molecule has 0 atom stereocenters. The van der Waals surface area contributed by atoms with Gasteiger partial charge in [0, 0.05) is 26.2 Å². The molecule has 4 heteroatoms. The van der Waals surface area contributed by atoms with Gasteiger partial charge in [-0.15, -0.1) is 0 Å². The first-order chi connectivity index (χ1) is 10.7. The minimum atomic E-state index is -0.267. The Balaban J connectivity index is 1.50. The summed E-state index contributed by atoms with van der Waals surface area (Å²) in [6.07, 6.45) is 4.13. The zero-order chi connectivity index (χ0) is 15.4. The van der Waals surface area contributed by atoms with Gasteiger partial charge < -0.3 is 9.64 Å². The zero-order valence-corrected chi connectivity index (χ0v) is 13.5. The average molecular weight is 302 g/mol. The Morgan fingerprint density at radius 2 is 1.77 bits per heavy atom. The first-order valence-electron chi connectivity index (χ1n) is 8.36. The fourth-order valence-electron chi connectivity index (χ4n) is 3.15. The van der Waals surface area contributed by atoms with Gasteiger partial charge in [-0.2, -0.15) is 0 Å². The maximum atomic E-state index is 11.5. The summed E-state index contributed by atoms with van der Waals surface area (Å²) in [5, 5.41) is 0. The van der Waals surface area contributed by atoms with E-state index in [1.165, 1.54) is 58.1 Å². The molecule has 0 aromatic heterocycles. The van der Waals surface area contributed by atoms with Crippen LogP contribution in [-0.4, -0.2) is 55.6 Å². The largest absolute Gasteiger partial charge is 0.465 e. The van der Waals surface area contributed by atoms with E-state index >= 15 is 0 Å². The van der Waals surface area contributed by atoms with Crippen molar-refractivity contribution < 1.29 is 9.53 Å². The van der Waals surface area contributed by atoms with Crippen LogP contribution in [0.2, 0.25) is 0 Å². The molecule has 0 bridgehead atoms. The lowest BCUT2D eigenvalue weighted by Crippen LogP contribution is -2.31. The molecule has 0 N–H and O–H groups in total. The average Bonchev–Trinajstić information content (AvgIpc) is 3.37. The number of methoxy groups -OCH3 is 1. The van der Waals surface area contributed by atoms with Gasteiger partial charge >= 0.3 is 5.97 Å². The van der Waals surface area contributed by atoms with Crippen LogP contribution in [-0.2, 0) is 11.3 Å². The summed E-state index contributed by atoms with van der Waals surface area (Å²) < 4.78 is 4.74. The second-order valence-corrected chi connectivity index (χ2v) is 6.56. The van der Waals surface area contributed by atoms with E-state index in [1.807, 2.05) is 24.3 Å². The van der Waals surface area contributed by atoms with Gasteiger partial charge in [0.25, 0.3) is 0 Å². The molecule has 2 fully saturated rings. The monoisotopic (exact) mass is 302 g/mol. The lowest BCUT2D eigenvalue weighted by Gasteiger charge is -2.21. The highest BCUT2D eigenvalue weighted by Crippen LogP contribution is 2.29. The number of hydrogen-bond donors (Lipinski definition) is 0. The van der Waals surface area contributed by atoms with Crippen LogP contribution in [0.25, 0.3) is 0 Å². The van der Waals surface area contributed by atoms with E-state index in [0.29, 0.717) is 5.56 Å². The number of carbonyl (C=O) groups excluding carboxylic acids is 1. The van der Waals surface area contributed by atoms with Crippen molar-refractivity contribution in [3.8, 4) is 0 Å². The molecule has 4 nitrogen and oxygen atoms in total. The third-order valence-corrected chi connectivity index (χ3v) is 4.68. The fraction of sp³-hybridized carbons (Fsp3) is 0.611. The SMILES string of the molecule is COC(=O)c1ccc(CN2CCCN(CC3CC3)CC2)cc1. The summed E-state index contributed by atoms with van der Waals surface area (Å²) in [5.74, 6) is 0.717.